The maximum absolute atomic E-state index is 12.4. The summed E-state index contributed by atoms with van der Waals surface area (Å²) in [6.45, 7) is 3.75. The molecule has 0 aromatic carbocycles. The van der Waals surface area contributed by atoms with Crippen LogP contribution in [0.4, 0.5) is 13.2 Å². The van der Waals surface area contributed by atoms with Gasteiger partial charge in [-0.2, -0.15) is 13.2 Å². The Bertz CT molecular complexity index is 449. The summed E-state index contributed by atoms with van der Waals surface area (Å²) in [6, 6.07) is 2.76. The van der Waals surface area contributed by atoms with Crippen LogP contribution in [0.2, 0.25) is 0 Å². The minimum Gasteiger partial charge on any atom is -0.487 e. The first-order valence-electron chi connectivity index (χ1n) is 6.67. The van der Waals surface area contributed by atoms with E-state index >= 15 is 0 Å². The number of piperazine rings is 1. The Balaban J connectivity index is 1.61. The Kier molecular flexibility index (Phi) is 3.55. The van der Waals surface area contributed by atoms with Crippen LogP contribution in [-0.2, 0) is 6.18 Å². The lowest BCUT2D eigenvalue weighted by molar-refractivity contribution is -0.141. The van der Waals surface area contributed by atoms with E-state index in [0.717, 1.165) is 44.9 Å². The van der Waals surface area contributed by atoms with Gasteiger partial charge in [0.1, 0.15) is 17.5 Å². The van der Waals surface area contributed by atoms with Gasteiger partial charge in [0.05, 0.1) is 6.20 Å². The Morgan fingerprint density at radius 3 is 2.85 bits per heavy atom. The zero-order chi connectivity index (χ0) is 14.2. The van der Waals surface area contributed by atoms with Crippen molar-refractivity contribution in [3.05, 3.63) is 24.0 Å². The highest BCUT2D eigenvalue weighted by atomic mass is 19.4. The minimum absolute atomic E-state index is 0.0263. The number of hydrogen-bond donors (Lipinski definition) is 1. The van der Waals surface area contributed by atoms with Gasteiger partial charge in [0, 0.05) is 38.6 Å². The molecule has 2 saturated heterocycles. The molecular formula is C13H16F3N3O. The number of halogens is 3. The van der Waals surface area contributed by atoms with Gasteiger partial charge >= 0.3 is 6.18 Å². The molecule has 0 amide bonds. The molecule has 0 saturated carbocycles. The molecule has 4 nitrogen and oxygen atoms in total. The zero-order valence-electron chi connectivity index (χ0n) is 10.9. The van der Waals surface area contributed by atoms with Crippen LogP contribution >= 0.6 is 0 Å². The van der Waals surface area contributed by atoms with Crippen molar-refractivity contribution in [3.63, 3.8) is 0 Å². The van der Waals surface area contributed by atoms with Gasteiger partial charge in [-0.25, -0.2) is 4.98 Å². The molecule has 20 heavy (non-hydrogen) atoms. The van der Waals surface area contributed by atoms with Crippen molar-refractivity contribution in [2.45, 2.75) is 24.7 Å². The van der Waals surface area contributed by atoms with Crippen molar-refractivity contribution in [1.29, 1.82) is 0 Å². The summed E-state index contributed by atoms with van der Waals surface area (Å²) < 4.78 is 43.0. The van der Waals surface area contributed by atoms with Crippen molar-refractivity contribution < 1.29 is 17.9 Å². The summed E-state index contributed by atoms with van der Waals surface area (Å²) in [5, 5.41) is 3.33. The second kappa shape index (κ2) is 5.21. The molecule has 0 spiro atoms. The first-order chi connectivity index (χ1) is 9.52. The average Bonchev–Trinajstić information content (AvgIpc) is 2.80. The molecule has 0 radical (unpaired) electrons. The van der Waals surface area contributed by atoms with Crippen LogP contribution in [-0.4, -0.2) is 48.2 Å². The molecule has 2 aliphatic rings. The molecule has 0 bridgehead atoms. The number of aromatic nitrogens is 1. The number of nitrogens with one attached hydrogen (secondary N) is 1. The van der Waals surface area contributed by atoms with Gasteiger partial charge in [-0.05, 0) is 12.1 Å². The SMILES string of the molecule is FC(F)(F)c1ccc(O[C@@H]2C[C@H]3CNCCN3C2)cn1. The van der Waals surface area contributed by atoms with E-state index in [2.05, 4.69) is 15.2 Å². The van der Waals surface area contributed by atoms with E-state index in [9.17, 15) is 13.2 Å². The smallest absolute Gasteiger partial charge is 0.433 e. The molecule has 2 aliphatic heterocycles. The van der Waals surface area contributed by atoms with Gasteiger partial charge < -0.3 is 10.1 Å². The topological polar surface area (TPSA) is 37.4 Å². The summed E-state index contributed by atoms with van der Waals surface area (Å²) >= 11 is 0. The minimum atomic E-state index is -4.40. The first-order valence-corrected chi connectivity index (χ1v) is 6.67. The van der Waals surface area contributed by atoms with E-state index < -0.39 is 11.9 Å². The monoisotopic (exact) mass is 287 g/mol. The Morgan fingerprint density at radius 2 is 2.20 bits per heavy atom. The molecule has 7 heteroatoms. The van der Waals surface area contributed by atoms with E-state index in [4.69, 9.17) is 4.74 Å². The molecular weight excluding hydrogens is 271 g/mol. The predicted molar refractivity (Wildman–Crippen MR) is 66.5 cm³/mol. The number of nitrogens with zero attached hydrogens (tertiary/aromatic N) is 2. The van der Waals surface area contributed by atoms with Gasteiger partial charge in [0.15, 0.2) is 0 Å². The van der Waals surface area contributed by atoms with Crippen molar-refractivity contribution in [2.24, 2.45) is 0 Å². The lowest BCUT2D eigenvalue weighted by Gasteiger charge is -2.29. The van der Waals surface area contributed by atoms with Gasteiger partial charge in [0.2, 0.25) is 0 Å². The maximum atomic E-state index is 12.4. The van der Waals surface area contributed by atoms with Crippen molar-refractivity contribution in [3.8, 4) is 5.75 Å². The molecule has 110 valence electrons. The highest BCUT2D eigenvalue weighted by Gasteiger charge is 2.35. The molecule has 3 rings (SSSR count). The van der Waals surface area contributed by atoms with E-state index in [0.29, 0.717) is 11.8 Å². The van der Waals surface area contributed by atoms with Gasteiger partial charge in [-0.3, -0.25) is 4.90 Å². The summed E-state index contributed by atoms with van der Waals surface area (Å²) in [5.41, 5.74) is -0.891. The predicted octanol–water partition coefficient (Wildman–Crippen LogP) is 1.53. The molecule has 1 aromatic rings. The molecule has 3 heterocycles. The van der Waals surface area contributed by atoms with Crippen LogP contribution in [0.15, 0.2) is 18.3 Å². The number of pyridine rings is 1. The highest BCUT2D eigenvalue weighted by molar-refractivity contribution is 5.21. The van der Waals surface area contributed by atoms with Crippen LogP contribution in [0.1, 0.15) is 12.1 Å². The Hall–Kier alpha value is -1.34. The quantitative estimate of drug-likeness (QED) is 0.895. The maximum Gasteiger partial charge on any atom is 0.433 e. The van der Waals surface area contributed by atoms with Gasteiger partial charge in [-0.1, -0.05) is 0 Å². The number of alkyl halides is 3. The van der Waals surface area contributed by atoms with Crippen LogP contribution in [0.25, 0.3) is 0 Å². The third-order valence-corrected chi connectivity index (χ3v) is 3.77. The normalized spacial score (nSPS) is 27.4. The fourth-order valence-corrected chi connectivity index (χ4v) is 2.81. The fourth-order valence-electron chi connectivity index (χ4n) is 2.81. The standard InChI is InChI=1S/C13H16F3N3O/c14-13(15,16)12-2-1-10(7-18-12)20-11-5-9-6-17-3-4-19(9)8-11/h1-2,7,9,11,17H,3-6,8H2/t9-,11+/m0/s1. The molecule has 2 fully saturated rings. The molecule has 0 aliphatic carbocycles. The largest absolute Gasteiger partial charge is 0.487 e. The van der Waals surface area contributed by atoms with Crippen molar-refractivity contribution in [2.75, 3.05) is 26.2 Å². The Morgan fingerprint density at radius 1 is 1.35 bits per heavy atom. The fraction of sp³-hybridized carbons (Fsp3) is 0.615. The van der Waals surface area contributed by atoms with Crippen LogP contribution in [0.3, 0.4) is 0 Å². The number of fused-ring (bicyclic) bond motifs is 1. The summed E-state index contributed by atoms with van der Waals surface area (Å²) in [4.78, 5) is 5.77. The number of hydrogen-bond acceptors (Lipinski definition) is 4. The van der Waals surface area contributed by atoms with Crippen LogP contribution in [0.5, 0.6) is 5.75 Å². The average molecular weight is 287 g/mol. The molecule has 0 unspecified atom stereocenters. The first kappa shape index (κ1) is 13.6. The number of ether oxygens (including phenoxy) is 1. The van der Waals surface area contributed by atoms with Crippen molar-refractivity contribution in [1.82, 2.24) is 15.2 Å². The summed E-state index contributed by atoms with van der Waals surface area (Å²) in [6.07, 6.45) is -2.33. The van der Waals surface area contributed by atoms with Crippen LogP contribution in [0, 0.1) is 0 Å². The third-order valence-electron chi connectivity index (χ3n) is 3.77. The van der Waals surface area contributed by atoms with E-state index in [1.165, 1.54) is 6.07 Å². The second-order valence-corrected chi connectivity index (χ2v) is 5.21. The lowest BCUT2D eigenvalue weighted by Crippen LogP contribution is -2.47. The summed E-state index contributed by atoms with van der Waals surface area (Å²) in [5.74, 6) is 0.399. The molecule has 1 N–H and O–H groups in total. The van der Waals surface area contributed by atoms with Gasteiger partial charge in [0.25, 0.3) is 0 Å². The summed E-state index contributed by atoms with van der Waals surface area (Å²) in [7, 11) is 0. The van der Waals surface area contributed by atoms with Crippen molar-refractivity contribution >= 4 is 0 Å². The zero-order valence-corrected chi connectivity index (χ0v) is 10.9. The number of rotatable bonds is 2. The lowest BCUT2D eigenvalue weighted by atomic mass is 10.2. The molecule has 2 atom stereocenters. The van der Waals surface area contributed by atoms with Crippen LogP contribution < -0.4 is 10.1 Å². The highest BCUT2D eigenvalue weighted by Crippen LogP contribution is 2.29. The van der Waals surface area contributed by atoms with E-state index in [1.54, 1.807) is 0 Å². The van der Waals surface area contributed by atoms with Gasteiger partial charge in [-0.15, -0.1) is 0 Å². The van der Waals surface area contributed by atoms with E-state index in [1.807, 2.05) is 0 Å². The Labute approximate surface area is 114 Å². The van der Waals surface area contributed by atoms with E-state index in [-0.39, 0.29) is 6.10 Å². The third kappa shape index (κ3) is 2.88. The second-order valence-electron chi connectivity index (χ2n) is 5.21. The molecule has 1 aromatic heterocycles.